The number of hydrogen-bond acceptors (Lipinski definition) is 5. The Morgan fingerprint density at radius 3 is 2.67 bits per heavy atom. The van der Waals surface area contributed by atoms with E-state index in [9.17, 15) is 0 Å². The van der Waals surface area contributed by atoms with Gasteiger partial charge in [-0.25, -0.2) is 0 Å². The molecule has 1 N–H and O–H groups in total. The molecular formula is C20H23Cl2N3O2. The fourth-order valence-corrected chi connectivity index (χ4v) is 3.91. The zero-order valence-corrected chi connectivity index (χ0v) is 16.6. The van der Waals surface area contributed by atoms with Crippen molar-refractivity contribution in [2.45, 2.75) is 25.0 Å². The normalized spacial score (nSPS) is 23.8. The Morgan fingerprint density at radius 2 is 1.96 bits per heavy atom. The quantitative estimate of drug-likeness (QED) is 0.829. The van der Waals surface area contributed by atoms with Crippen LogP contribution in [0.25, 0.3) is 0 Å². The molecule has 144 valence electrons. The summed E-state index contributed by atoms with van der Waals surface area (Å²) in [4.78, 5) is 6.90. The summed E-state index contributed by atoms with van der Waals surface area (Å²) in [5.74, 6) is 1.42. The van der Waals surface area contributed by atoms with Gasteiger partial charge < -0.3 is 19.7 Å². The third-order valence-corrected chi connectivity index (χ3v) is 5.55. The number of fused-ring (bicyclic) bond motifs is 1. The molecule has 27 heavy (non-hydrogen) atoms. The molecule has 2 aromatic rings. The standard InChI is InChI=1S/C20H22ClN3O2.ClH/c21-15-6-7-18(23-13-15)20(12-14-4-5-14)25-17-3-1-2-16(19(17)26-20)24-10-8-22-9-11-24;/h1-3,6-7,13-14,22H,4-5,8-12H2;1H. The van der Waals surface area contributed by atoms with Crippen LogP contribution in [0.2, 0.25) is 5.02 Å². The number of nitrogens with zero attached hydrogens (tertiary/aromatic N) is 2. The highest BCUT2D eigenvalue weighted by molar-refractivity contribution is 6.30. The Bertz CT molecular complexity index is 807. The number of ether oxygens (including phenoxy) is 2. The topological polar surface area (TPSA) is 46.6 Å². The summed E-state index contributed by atoms with van der Waals surface area (Å²) in [6.07, 6.45) is 4.93. The number of pyridine rings is 1. The van der Waals surface area contributed by atoms with Crippen molar-refractivity contribution >= 4 is 29.7 Å². The first-order valence-corrected chi connectivity index (χ1v) is 9.70. The Balaban J connectivity index is 0.00000180. The van der Waals surface area contributed by atoms with Gasteiger partial charge in [-0.15, -0.1) is 12.4 Å². The molecule has 1 aromatic carbocycles. The SMILES string of the molecule is Cl.Clc1ccc(C2(CC3CC3)Oc3cccc(N4CCNCC4)c3O2)nc1. The summed E-state index contributed by atoms with van der Waals surface area (Å²) in [5.41, 5.74) is 1.90. The molecule has 0 bridgehead atoms. The summed E-state index contributed by atoms with van der Waals surface area (Å²) in [7, 11) is 0. The number of anilines is 1. The summed E-state index contributed by atoms with van der Waals surface area (Å²) < 4.78 is 13.0. The lowest BCUT2D eigenvalue weighted by Crippen LogP contribution is -2.43. The minimum absolute atomic E-state index is 0. The summed E-state index contributed by atoms with van der Waals surface area (Å²) in [6.45, 7) is 3.90. The molecule has 1 aromatic heterocycles. The van der Waals surface area contributed by atoms with Gasteiger partial charge in [-0.3, -0.25) is 4.98 Å². The van der Waals surface area contributed by atoms with Gasteiger partial charge in [-0.05, 0) is 43.0 Å². The number of benzene rings is 1. The van der Waals surface area contributed by atoms with Crippen LogP contribution in [0.4, 0.5) is 5.69 Å². The second-order valence-electron chi connectivity index (χ2n) is 7.31. The van der Waals surface area contributed by atoms with Gasteiger partial charge in [0, 0.05) is 38.8 Å². The highest BCUT2D eigenvalue weighted by atomic mass is 35.5. The van der Waals surface area contributed by atoms with Gasteiger partial charge in [-0.1, -0.05) is 17.7 Å². The first-order valence-electron chi connectivity index (χ1n) is 9.32. The van der Waals surface area contributed by atoms with Crippen LogP contribution in [-0.2, 0) is 5.79 Å². The van der Waals surface area contributed by atoms with Crippen LogP contribution >= 0.6 is 24.0 Å². The zero-order chi connectivity index (χ0) is 17.6. The Hall–Kier alpha value is -1.69. The van der Waals surface area contributed by atoms with Crippen LogP contribution in [0.1, 0.15) is 25.0 Å². The molecule has 5 nitrogen and oxygen atoms in total. The van der Waals surface area contributed by atoms with E-state index < -0.39 is 5.79 Å². The molecule has 1 atom stereocenters. The average molecular weight is 408 g/mol. The van der Waals surface area contributed by atoms with E-state index in [1.807, 2.05) is 24.3 Å². The van der Waals surface area contributed by atoms with Crippen LogP contribution in [-0.4, -0.2) is 31.2 Å². The predicted octanol–water partition coefficient (Wildman–Crippen LogP) is 3.99. The number of aromatic nitrogens is 1. The number of piperazine rings is 1. The molecule has 3 heterocycles. The summed E-state index contributed by atoms with van der Waals surface area (Å²) in [5, 5.41) is 4.02. The average Bonchev–Trinajstić information content (AvgIpc) is 3.39. The molecule has 2 fully saturated rings. The fourth-order valence-electron chi connectivity index (χ4n) is 3.80. The minimum Gasteiger partial charge on any atom is -0.443 e. The summed E-state index contributed by atoms with van der Waals surface area (Å²) >= 11 is 6.04. The Labute approximate surface area is 170 Å². The van der Waals surface area contributed by atoms with Gasteiger partial charge >= 0.3 is 0 Å². The number of nitrogens with one attached hydrogen (secondary N) is 1. The van der Waals surface area contributed by atoms with Gasteiger partial charge in [0.25, 0.3) is 5.79 Å². The third kappa shape index (κ3) is 3.56. The van der Waals surface area contributed by atoms with E-state index in [2.05, 4.69) is 21.3 Å². The van der Waals surface area contributed by atoms with E-state index in [4.69, 9.17) is 21.1 Å². The first kappa shape index (κ1) is 18.7. The maximum absolute atomic E-state index is 6.57. The summed E-state index contributed by atoms with van der Waals surface area (Å²) in [6, 6.07) is 9.93. The van der Waals surface area contributed by atoms with Gasteiger partial charge in [0.15, 0.2) is 11.5 Å². The zero-order valence-electron chi connectivity index (χ0n) is 15.0. The highest BCUT2D eigenvalue weighted by Gasteiger charge is 2.49. The molecule has 5 rings (SSSR count). The van der Waals surface area contributed by atoms with Crippen LogP contribution < -0.4 is 19.7 Å². The Morgan fingerprint density at radius 1 is 1.15 bits per heavy atom. The molecule has 0 amide bonds. The second-order valence-corrected chi connectivity index (χ2v) is 7.74. The third-order valence-electron chi connectivity index (χ3n) is 5.33. The number of halogens is 2. The van der Waals surface area contributed by atoms with E-state index in [0.29, 0.717) is 10.9 Å². The van der Waals surface area contributed by atoms with Crippen molar-refractivity contribution in [2.75, 3.05) is 31.1 Å². The maximum Gasteiger partial charge on any atom is 0.295 e. The van der Waals surface area contributed by atoms with Crippen molar-refractivity contribution in [1.82, 2.24) is 10.3 Å². The Kier molecular flexibility index (Phi) is 5.10. The molecule has 1 unspecified atom stereocenters. The van der Waals surface area contributed by atoms with Crippen molar-refractivity contribution in [3.05, 3.63) is 47.2 Å². The monoisotopic (exact) mass is 407 g/mol. The number of para-hydroxylation sites is 1. The molecule has 1 aliphatic carbocycles. The molecule has 1 saturated carbocycles. The second kappa shape index (κ2) is 7.38. The molecule has 1 saturated heterocycles. The molecule has 0 radical (unpaired) electrons. The van der Waals surface area contributed by atoms with E-state index >= 15 is 0 Å². The lowest BCUT2D eigenvalue weighted by atomic mass is 10.0. The van der Waals surface area contributed by atoms with Crippen molar-refractivity contribution in [3.8, 4) is 11.5 Å². The van der Waals surface area contributed by atoms with Crippen molar-refractivity contribution in [1.29, 1.82) is 0 Å². The van der Waals surface area contributed by atoms with E-state index in [1.165, 1.54) is 12.8 Å². The minimum atomic E-state index is -0.849. The first-order chi connectivity index (χ1) is 12.7. The maximum atomic E-state index is 6.57. The van der Waals surface area contributed by atoms with Crippen molar-refractivity contribution in [3.63, 3.8) is 0 Å². The largest absolute Gasteiger partial charge is 0.443 e. The van der Waals surface area contributed by atoms with Crippen LogP contribution in [0.3, 0.4) is 0 Å². The van der Waals surface area contributed by atoms with E-state index in [-0.39, 0.29) is 12.4 Å². The van der Waals surface area contributed by atoms with Crippen LogP contribution in [0.15, 0.2) is 36.5 Å². The highest BCUT2D eigenvalue weighted by Crippen LogP contribution is 2.53. The van der Waals surface area contributed by atoms with Crippen LogP contribution in [0.5, 0.6) is 11.5 Å². The molecule has 0 spiro atoms. The fraction of sp³-hybridized carbons (Fsp3) is 0.450. The van der Waals surface area contributed by atoms with Crippen molar-refractivity contribution in [2.24, 2.45) is 5.92 Å². The lowest BCUT2D eigenvalue weighted by molar-refractivity contribution is -0.100. The molecule has 3 aliphatic rings. The van der Waals surface area contributed by atoms with Gasteiger partial charge in [0.1, 0.15) is 5.69 Å². The van der Waals surface area contributed by atoms with E-state index in [1.54, 1.807) is 6.20 Å². The van der Waals surface area contributed by atoms with E-state index in [0.717, 1.165) is 55.5 Å². The van der Waals surface area contributed by atoms with Gasteiger partial charge in [0.2, 0.25) is 0 Å². The number of hydrogen-bond donors (Lipinski definition) is 1. The predicted molar refractivity (Wildman–Crippen MR) is 108 cm³/mol. The smallest absolute Gasteiger partial charge is 0.295 e. The molecule has 7 heteroatoms. The lowest BCUT2D eigenvalue weighted by Gasteiger charge is -2.31. The van der Waals surface area contributed by atoms with Gasteiger partial charge in [-0.2, -0.15) is 0 Å². The van der Waals surface area contributed by atoms with Crippen molar-refractivity contribution < 1.29 is 9.47 Å². The van der Waals surface area contributed by atoms with Crippen LogP contribution in [0, 0.1) is 5.92 Å². The van der Waals surface area contributed by atoms with Gasteiger partial charge in [0.05, 0.1) is 10.7 Å². The molecule has 2 aliphatic heterocycles. The molecular weight excluding hydrogens is 385 g/mol. The number of rotatable bonds is 4.